The largest absolute Gasteiger partial charge is 0.244 e. The third-order valence-electron chi connectivity index (χ3n) is 1.17. The van der Waals surface area contributed by atoms with E-state index in [4.69, 9.17) is 0 Å². The number of hydrogen-bond acceptors (Lipinski definition) is 4. The smallest absolute Gasteiger partial charge is 0.206 e. The summed E-state index contributed by atoms with van der Waals surface area (Å²) in [5.74, 6) is 0.546. The van der Waals surface area contributed by atoms with Crippen LogP contribution >= 0.6 is 0 Å². The van der Waals surface area contributed by atoms with Gasteiger partial charge in [0.05, 0.1) is 12.4 Å². The first kappa shape index (κ1) is 6.02. The molecule has 0 amide bonds. The zero-order chi connectivity index (χ0) is 7.68. The van der Waals surface area contributed by atoms with E-state index in [2.05, 4.69) is 26.8 Å². The Morgan fingerprint density at radius 3 is 2.91 bits per heavy atom. The van der Waals surface area contributed by atoms with Gasteiger partial charge in [-0.25, -0.2) is 4.68 Å². The number of nitrogens with zero attached hydrogens (tertiary/aromatic N) is 6. The summed E-state index contributed by atoms with van der Waals surface area (Å²) < 4.78 is 2.98. The van der Waals surface area contributed by atoms with E-state index in [1.807, 2.05) is 0 Å². The molecule has 6 heteroatoms. The second-order valence-electron chi connectivity index (χ2n) is 2.00. The molecule has 0 fully saturated rings. The van der Waals surface area contributed by atoms with Crippen LogP contribution in [0.3, 0.4) is 0 Å². The molecule has 2 aromatic rings. The molecule has 0 spiro atoms. The second-order valence-corrected chi connectivity index (χ2v) is 2.00. The van der Waals surface area contributed by atoms with Crippen LogP contribution in [0.4, 0.5) is 0 Å². The highest BCUT2D eigenvalue weighted by Gasteiger charge is 2.00. The van der Waals surface area contributed by atoms with E-state index in [1.165, 1.54) is 9.36 Å². The van der Waals surface area contributed by atoms with Gasteiger partial charge in [0.25, 0.3) is 0 Å². The van der Waals surface area contributed by atoms with E-state index in [1.54, 1.807) is 19.4 Å². The molecule has 11 heavy (non-hydrogen) atoms. The molecule has 0 atom stereocenters. The predicted octanol–water partition coefficient (Wildman–Crippen LogP) is -0.804. The monoisotopic (exact) mass is 149 g/mol. The summed E-state index contributed by atoms with van der Waals surface area (Å²) >= 11 is 0. The second kappa shape index (κ2) is 2.15. The van der Waals surface area contributed by atoms with E-state index < -0.39 is 0 Å². The number of aryl methyl sites for hydroxylation is 1. The van der Waals surface area contributed by atoms with Crippen LogP contribution in [0.1, 0.15) is 0 Å². The average Bonchev–Trinajstić information content (AvgIpc) is 2.55. The van der Waals surface area contributed by atoms with Gasteiger partial charge in [0, 0.05) is 7.05 Å². The summed E-state index contributed by atoms with van der Waals surface area (Å²) in [6, 6.07) is 0. The minimum absolute atomic E-state index is 0.546. The van der Waals surface area contributed by atoms with Crippen molar-refractivity contribution in [2.24, 2.45) is 7.05 Å². The fraction of sp³-hybridized carbons (Fsp3) is 0.200. The highest BCUT2D eigenvalue weighted by Crippen LogP contribution is 1.95. The molecule has 0 aliphatic heterocycles. The van der Waals surface area contributed by atoms with Crippen molar-refractivity contribution < 1.29 is 0 Å². The fourth-order valence-electron chi connectivity index (χ4n) is 0.717. The van der Waals surface area contributed by atoms with E-state index >= 15 is 0 Å². The molecule has 2 aromatic heterocycles. The molecule has 6 nitrogen and oxygen atoms in total. The van der Waals surface area contributed by atoms with Gasteiger partial charge in [-0.15, -0.1) is 10.2 Å². The van der Waals surface area contributed by atoms with Gasteiger partial charge >= 0.3 is 0 Å². The van der Waals surface area contributed by atoms with Crippen LogP contribution in [0.25, 0.3) is 5.82 Å². The molecule has 0 saturated heterocycles. The lowest BCUT2D eigenvalue weighted by atomic mass is 10.7. The molecule has 55 valence electrons. The molecule has 0 aliphatic rings. The fourth-order valence-corrected chi connectivity index (χ4v) is 0.717. The van der Waals surface area contributed by atoms with Crippen molar-refractivity contribution in [1.29, 1.82) is 0 Å². The molecule has 0 aromatic carbocycles. The van der Waals surface area contributed by atoms with Gasteiger partial charge < -0.3 is 0 Å². The molecular formula is C5H5N6. The van der Waals surface area contributed by atoms with Gasteiger partial charge in [0.2, 0.25) is 5.82 Å². The average molecular weight is 149 g/mol. The van der Waals surface area contributed by atoms with Gasteiger partial charge in [0.1, 0.15) is 6.20 Å². The van der Waals surface area contributed by atoms with Crippen LogP contribution in [0, 0.1) is 6.20 Å². The molecule has 1 radical (unpaired) electrons. The first-order valence-corrected chi connectivity index (χ1v) is 3.02. The van der Waals surface area contributed by atoms with Gasteiger partial charge in [-0.2, -0.15) is 4.68 Å². The number of aromatic nitrogens is 6. The highest BCUT2D eigenvalue weighted by atomic mass is 15.5. The summed E-state index contributed by atoms with van der Waals surface area (Å²) in [7, 11) is 1.74. The lowest BCUT2D eigenvalue weighted by Crippen LogP contribution is -1.95. The van der Waals surface area contributed by atoms with Crippen LogP contribution < -0.4 is 0 Å². The first-order chi connectivity index (χ1) is 5.36. The van der Waals surface area contributed by atoms with E-state index in [0.29, 0.717) is 5.82 Å². The van der Waals surface area contributed by atoms with Crippen molar-refractivity contribution in [2.45, 2.75) is 0 Å². The maximum Gasteiger partial charge on any atom is 0.206 e. The SMILES string of the molecule is Cn1[c]c(-n2ccnn2)nn1. The Hall–Kier alpha value is -1.72. The van der Waals surface area contributed by atoms with Gasteiger partial charge in [-0.1, -0.05) is 10.4 Å². The number of rotatable bonds is 1. The lowest BCUT2D eigenvalue weighted by molar-refractivity contribution is 0.707. The van der Waals surface area contributed by atoms with E-state index in [-0.39, 0.29) is 0 Å². The highest BCUT2D eigenvalue weighted by molar-refractivity contribution is 5.10. The normalized spacial score (nSPS) is 10.3. The lowest BCUT2D eigenvalue weighted by Gasteiger charge is -1.86. The molecule has 0 saturated carbocycles. The molecule has 0 unspecified atom stereocenters. The topological polar surface area (TPSA) is 61.4 Å². The minimum Gasteiger partial charge on any atom is -0.244 e. The predicted molar refractivity (Wildman–Crippen MR) is 34.8 cm³/mol. The summed E-state index contributed by atoms with van der Waals surface area (Å²) in [6.45, 7) is 0. The number of hydrogen-bond donors (Lipinski definition) is 0. The Bertz CT molecular complexity index is 333. The Kier molecular flexibility index (Phi) is 1.18. The van der Waals surface area contributed by atoms with Crippen molar-refractivity contribution >= 4 is 0 Å². The zero-order valence-corrected chi connectivity index (χ0v) is 5.84. The van der Waals surface area contributed by atoms with Gasteiger partial charge in [-0.05, 0) is 0 Å². The summed E-state index contributed by atoms with van der Waals surface area (Å²) in [4.78, 5) is 0. The quantitative estimate of drug-likeness (QED) is 0.532. The molecule has 0 aliphatic carbocycles. The molecule has 2 heterocycles. The van der Waals surface area contributed by atoms with E-state index in [0.717, 1.165) is 0 Å². The maximum absolute atomic E-state index is 3.78. The summed E-state index contributed by atoms with van der Waals surface area (Å²) in [5.41, 5.74) is 0. The summed E-state index contributed by atoms with van der Waals surface area (Å²) in [6.07, 6.45) is 6.09. The van der Waals surface area contributed by atoms with Crippen molar-refractivity contribution in [1.82, 2.24) is 30.0 Å². The van der Waals surface area contributed by atoms with Gasteiger partial charge in [-0.3, -0.25) is 0 Å². The molecule has 2 rings (SSSR count). The maximum atomic E-state index is 3.78. The third-order valence-corrected chi connectivity index (χ3v) is 1.17. The summed E-state index contributed by atoms with van der Waals surface area (Å²) in [5, 5.41) is 14.8. The Morgan fingerprint density at radius 1 is 1.45 bits per heavy atom. The van der Waals surface area contributed by atoms with E-state index in [9.17, 15) is 0 Å². The third kappa shape index (κ3) is 0.977. The van der Waals surface area contributed by atoms with Crippen molar-refractivity contribution in [3.63, 3.8) is 0 Å². The van der Waals surface area contributed by atoms with Crippen LogP contribution in [-0.4, -0.2) is 30.0 Å². The van der Waals surface area contributed by atoms with Crippen molar-refractivity contribution in [2.75, 3.05) is 0 Å². The van der Waals surface area contributed by atoms with Crippen LogP contribution in [0.2, 0.25) is 0 Å². The molecular weight excluding hydrogens is 144 g/mol. The van der Waals surface area contributed by atoms with Crippen molar-refractivity contribution in [3.8, 4) is 5.82 Å². The van der Waals surface area contributed by atoms with Crippen LogP contribution in [0.15, 0.2) is 12.4 Å². The van der Waals surface area contributed by atoms with Crippen LogP contribution in [-0.2, 0) is 7.05 Å². The van der Waals surface area contributed by atoms with Crippen LogP contribution in [0.5, 0.6) is 0 Å². The zero-order valence-electron chi connectivity index (χ0n) is 5.84. The van der Waals surface area contributed by atoms with Gasteiger partial charge in [0.15, 0.2) is 0 Å². The first-order valence-electron chi connectivity index (χ1n) is 3.02. The molecule has 0 N–H and O–H groups in total. The van der Waals surface area contributed by atoms with Crippen molar-refractivity contribution in [3.05, 3.63) is 18.6 Å². The minimum atomic E-state index is 0.546. The Balaban J connectivity index is 2.45. The molecule has 0 bridgehead atoms. The Morgan fingerprint density at radius 2 is 2.36 bits per heavy atom. The standard InChI is InChI=1S/C5H5N6/c1-10-4-5(7-9-10)11-3-2-6-8-11/h2-3H,1H3. The Labute approximate surface area is 62.4 Å².